The first kappa shape index (κ1) is 12.9. The van der Waals surface area contributed by atoms with Crippen molar-refractivity contribution >= 4 is 11.7 Å². The number of hydrogen-bond acceptors (Lipinski definition) is 3. The fourth-order valence-electron chi connectivity index (χ4n) is 2.39. The van der Waals surface area contributed by atoms with E-state index >= 15 is 0 Å². The third kappa shape index (κ3) is 3.00. The molecule has 0 atom stereocenters. The molecule has 1 aromatic rings. The van der Waals surface area contributed by atoms with Crippen LogP contribution in [0.25, 0.3) is 0 Å². The maximum atomic E-state index is 13.2. The number of esters is 1. The van der Waals surface area contributed by atoms with Crippen molar-refractivity contribution in [3.05, 3.63) is 29.6 Å². The first-order valence-corrected chi connectivity index (χ1v) is 6.35. The minimum Gasteiger partial charge on any atom is -0.465 e. The van der Waals surface area contributed by atoms with Crippen LogP contribution < -0.4 is 5.32 Å². The SMILES string of the molecule is COC(=O)c1cc(F)ccc1NC1CCCCC1. The van der Waals surface area contributed by atoms with Gasteiger partial charge in [0.1, 0.15) is 5.82 Å². The molecule has 0 heterocycles. The highest BCUT2D eigenvalue weighted by molar-refractivity contribution is 5.95. The predicted molar refractivity (Wildman–Crippen MR) is 68.2 cm³/mol. The van der Waals surface area contributed by atoms with E-state index in [0.29, 0.717) is 11.7 Å². The lowest BCUT2D eigenvalue weighted by atomic mass is 9.95. The molecule has 0 saturated heterocycles. The Hall–Kier alpha value is -1.58. The van der Waals surface area contributed by atoms with Gasteiger partial charge in [-0.05, 0) is 31.0 Å². The van der Waals surface area contributed by atoms with Crippen LogP contribution in [0.3, 0.4) is 0 Å². The maximum absolute atomic E-state index is 13.2. The van der Waals surface area contributed by atoms with E-state index in [1.807, 2.05) is 0 Å². The largest absolute Gasteiger partial charge is 0.465 e. The summed E-state index contributed by atoms with van der Waals surface area (Å²) >= 11 is 0. The average Bonchev–Trinajstić information content (AvgIpc) is 2.41. The van der Waals surface area contributed by atoms with Gasteiger partial charge < -0.3 is 10.1 Å². The van der Waals surface area contributed by atoms with Gasteiger partial charge in [-0.3, -0.25) is 0 Å². The van der Waals surface area contributed by atoms with E-state index < -0.39 is 11.8 Å². The second-order valence-corrected chi connectivity index (χ2v) is 4.66. The van der Waals surface area contributed by atoms with Crippen LogP contribution in [0.4, 0.5) is 10.1 Å². The van der Waals surface area contributed by atoms with E-state index in [9.17, 15) is 9.18 Å². The highest BCUT2D eigenvalue weighted by Gasteiger charge is 2.18. The molecule has 0 aliphatic heterocycles. The molecule has 1 aliphatic rings. The Labute approximate surface area is 106 Å². The highest BCUT2D eigenvalue weighted by atomic mass is 19.1. The van der Waals surface area contributed by atoms with Gasteiger partial charge in [0, 0.05) is 11.7 Å². The van der Waals surface area contributed by atoms with E-state index in [0.717, 1.165) is 12.8 Å². The van der Waals surface area contributed by atoms with Crippen molar-refractivity contribution in [3.8, 4) is 0 Å². The van der Waals surface area contributed by atoms with Gasteiger partial charge in [-0.1, -0.05) is 19.3 Å². The molecule has 18 heavy (non-hydrogen) atoms. The van der Waals surface area contributed by atoms with E-state index in [1.165, 1.54) is 38.5 Å². The number of benzene rings is 1. The molecule has 98 valence electrons. The number of rotatable bonds is 3. The first-order valence-electron chi connectivity index (χ1n) is 6.35. The zero-order valence-electron chi connectivity index (χ0n) is 10.5. The van der Waals surface area contributed by atoms with Crippen LogP contribution in [0.15, 0.2) is 18.2 Å². The predicted octanol–water partition coefficient (Wildman–Crippen LogP) is 3.36. The number of carbonyl (C=O) groups excluding carboxylic acids is 1. The van der Waals surface area contributed by atoms with Gasteiger partial charge in [0.05, 0.1) is 12.7 Å². The van der Waals surface area contributed by atoms with Crippen molar-refractivity contribution in [1.29, 1.82) is 0 Å². The topological polar surface area (TPSA) is 38.3 Å². The number of halogens is 1. The molecule has 0 amide bonds. The minimum atomic E-state index is -0.507. The third-order valence-corrected chi connectivity index (χ3v) is 3.35. The van der Waals surface area contributed by atoms with Crippen LogP contribution in [-0.2, 0) is 4.74 Å². The lowest BCUT2D eigenvalue weighted by molar-refractivity contribution is 0.0601. The molecule has 0 radical (unpaired) electrons. The van der Waals surface area contributed by atoms with E-state index in [4.69, 9.17) is 0 Å². The molecule has 1 saturated carbocycles. The normalized spacial score (nSPS) is 16.3. The number of ether oxygens (including phenoxy) is 1. The Bertz CT molecular complexity index is 428. The highest BCUT2D eigenvalue weighted by Crippen LogP contribution is 2.24. The monoisotopic (exact) mass is 251 g/mol. The van der Waals surface area contributed by atoms with Crippen molar-refractivity contribution in [1.82, 2.24) is 0 Å². The van der Waals surface area contributed by atoms with Crippen molar-refractivity contribution in [2.45, 2.75) is 38.1 Å². The van der Waals surface area contributed by atoms with Crippen molar-refractivity contribution < 1.29 is 13.9 Å². The lowest BCUT2D eigenvalue weighted by Gasteiger charge is -2.24. The molecular formula is C14H18FNO2. The summed E-state index contributed by atoms with van der Waals surface area (Å²) in [5.74, 6) is -0.933. The average molecular weight is 251 g/mol. The standard InChI is InChI=1S/C14H18FNO2/c1-18-14(17)12-9-10(15)7-8-13(12)16-11-5-3-2-4-6-11/h7-9,11,16H,2-6H2,1H3. The summed E-state index contributed by atoms with van der Waals surface area (Å²) in [5.41, 5.74) is 0.929. The summed E-state index contributed by atoms with van der Waals surface area (Å²) in [4.78, 5) is 11.6. The Kier molecular flexibility index (Phi) is 4.18. The number of nitrogens with one attached hydrogen (secondary N) is 1. The fourth-order valence-corrected chi connectivity index (χ4v) is 2.39. The fraction of sp³-hybridized carbons (Fsp3) is 0.500. The second kappa shape index (κ2) is 5.85. The van der Waals surface area contributed by atoms with Gasteiger partial charge in [0.2, 0.25) is 0 Å². The van der Waals surface area contributed by atoms with E-state index in [1.54, 1.807) is 6.07 Å². The van der Waals surface area contributed by atoms with Crippen molar-refractivity contribution in [2.24, 2.45) is 0 Å². The molecule has 1 N–H and O–H groups in total. The van der Waals surface area contributed by atoms with Gasteiger partial charge in [-0.15, -0.1) is 0 Å². The zero-order chi connectivity index (χ0) is 13.0. The second-order valence-electron chi connectivity index (χ2n) is 4.66. The molecule has 1 aromatic carbocycles. The summed E-state index contributed by atoms with van der Waals surface area (Å²) in [5, 5.41) is 3.32. The molecule has 1 aliphatic carbocycles. The van der Waals surface area contributed by atoms with E-state index in [2.05, 4.69) is 10.1 Å². The smallest absolute Gasteiger partial charge is 0.340 e. The molecule has 0 aromatic heterocycles. The van der Waals surface area contributed by atoms with Crippen LogP contribution in [0.5, 0.6) is 0 Å². The van der Waals surface area contributed by atoms with Crippen molar-refractivity contribution in [3.63, 3.8) is 0 Å². The molecule has 0 unspecified atom stereocenters. The molecule has 2 rings (SSSR count). The Balaban J connectivity index is 2.17. The summed E-state index contributed by atoms with van der Waals surface area (Å²) in [6.07, 6.45) is 5.86. The molecule has 0 bridgehead atoms. The Morgan fingerprint density at radius 3 is 2.72 bits per heavy atom. The zero-order valence-corrected chi connectivity index (χ0v) is 10.5. The Morgan fingerprint density at radius 1 is 1.33 bits per heavy atom. The molecular weight excluding hydrogens is 233 g/mol. The van der Waals surface area contributed by atoms with Crippen LogP contribution in [-0.4, -0.2) is 19.1 Å². The van der Waals surface area contributed by atoms with Crippen LogP contribution in [0.1, 0.15) is 42.5 Å². The number of hydrogen-bond donors (Lipinski definition) is 1. The first-order chi connectivity index (χ1) is 8.70. The van der Waals surface area contributed by atoms with Crippen LogP contribution >= 0.6 is 0 Å². The number of methoxy groups -OCH3 is 1. The number of carbonyl (C=O) groups is 1. The van der Waals surface area contributed by atoms with Gasteiger partial charge >= 0.3 is 5.97 Å². The van der Waals surface area contributed by atoms with Gasteiger partial charge in [-0.25, -0.2) is 9.18 Å². The van der Waals surface area contributed by atoms with Crippen molar-refractivity contribution in [2.75, 3.05) is 12.4 Å². The maximum Gasteiger partial charge on any atom is 0.340 e. The van der Waals surface area contributed by atoms with Gasteiger partial charge in [0.25, 0.3) is 0 Å². The molecule has 0 spiro atoms. The quantitative estimate of drug-likeness (QED) is 0.837. The van der Waals surface area contributed by atoms with Gasteiger partial charge in [-0.2, -0.15) is 0 Å². The molecule has 3 nitrogen and oxygen atoms in total. The Morgan fingerprint density at radius 2 is 2.06 bits per heavy atom. The number of anilines is 1. The summed E-state index contributed by atoms with van der Waals surface area (Å²) in [6.45, 7) is 0. The summed E-state index contributed by atoms with van der Waals surface area (Å²) < 4.78 is 17.9. The van der Waals surface area contributed by atoms with E-state index in [-0.39, 0.29) is 5.56 Å². The summed E-state index contributed by atoms with van der Waals surface area (Å²) in [6, 6.07) is 4.55. The lowest BCUT2D eigenvalue weighted by Crippen LogP contribution is -2.23. The molecule has 1 fully saturated rings. The van der Waals surface area contributed by atoms with Gasteiger partial charge in [0.15, 0.2) is 0 Å². The summed E-state index contributed by atoms with van der Waals surface area (Å²) in [7, 11) is 1.30. The third-order valence-electron chi connectivity index (χ3n) is 3.35. The molecule has 4 heteroatoms. The van der Waals surface area contributed by atoms with Crippen LogP contribution in [0, 0.1) is 5.82 Å². The minimum absolute atomic E-state index is 0.267. The van der Waals surface area contributed by atoms with Crippen LogP contribution in [0.2, 0.25) is 0 Å².